The molecule has 0 unspecified atom stereocenters. The van der Waals surface area contributed by atoms with Gasteiger partial charge in [0.25, 0.3) is 0 Å². The molecule has 5 heteroatoms. The first-order valence-electron chi connectivity index (χ1n) is 7.40. The fourth-order valence-electron chi connectivity index (χ4n) is 2.60. The van der Waals surface area contributed by atoms with Gasteiger partial charge in [0.1, 0.15) is 12.1 Å². The Morgan fingerprint density at radius 2 is 1.62 bits per heavy atom. The number of benzene rings is 1. The van der Waals surface area contributed by atoms with Crippen LogP contribution in [0.4, 0.5) is 5.69 Å². The van der Waals surface area contributed by atoms with Gasteiger partial charge < -0.3 is 10.2 Å². The van der Waals surface area contributed by atoms with Crippen molar-refractivity contribution in [3.05, 3.63) is 29.3 Å². The lowest BCUT2D eigenvalue weighted by Crippen LogP contribution is -2.47. The second-order valence-electron chi connectivity index (χ2n) is 5.15. The minimum Gasteiger partial charge on any atom is -0.382 e. The van der Waals surface area contributed by atoms with Gasteiger partial charge in [-0.3, -0.25) is 4.90 Å². The molecule has 1 fully saturated rings. The second-order valence-corrected chi connectivity index (χ2v) is 5.15. The van der Waals surface area contributed by atoms with E-state index in [-0.39, 0.29) is 0 Å². The molecule has 1 N–H and O–H groups in total. The van der Waals surface area contributed by atoms with Crippen LogP contribution in [0.1, 0.15) is 18.1 Å². The van der Waals surface area contributed by atoms with Crippen LogP contribution in [0.5, 0.6) is 0 Å². The molecule has 2 rings (SSSR count). The summed E-state index contributed by atoms with van der Waals surface area (Å²) in [5, 5.41) is 21.5. The van der Waals surface area contributed by atoms with Gasteiger partial charge in [0.05, 0.1) is 16.8 Å². The van der Waals surface area contributed by atoms with Gasteiger partial charge in [0.15, 0.2) is 0 Å². The Hall–Kier alpha value is -2.08. The van der Waals surface area contributed by atoms with Crippen molar-refractivity contribution in [3.63, 3.8) is 0 Å². The van der Waals surface area contributed by atoms with Gasteiger partial charge in [-0.05, 0) is 18.7 Å². The van der Waals surface area contributed by atoms with Gasteiger partial charge in [-0.15, -0.1) is 0 Å². The van der Waals surface area contributed by atoms with E-state index in [4.69, 9.17) is 10.5 Å². The molecule has 0 spiro atoms. The molecule has 1 aromatic rings. The first-order chi connectivity index (χ1) is 10.3. The normalized spacial score (nSPS) is 16.1. The minimum absolute atomic E-state index is 0.532. The lowest BCUT2D eigenvalue weighted by molar-refractivity contribution is 0.141. The van der Waals surface area contributed by atoms with Crippen molar-refractivity contribution in [2.24, 2.45) is 0 Å². The molecule has 1 aromatic carbocycles. The first kappa shape index (κ1) is 15.3. The van der Waals surface area contributed by atoms with Crippen LogP contribution in [0, 0.1) is 22.7 Å². The molecule has 21 heavy (non-hydrogen) atoms. The monoisotopic (exact) mass is 283 g/mol. The number of piperazine rings is 1. The van der Waals surface area contributed by atoms with Crippen molar-refractivity contribution in [2.45, 2.75) is 6.92 Å². The van der Waals surface area contributed by atoms with Crippen molar-refractivity contribution in [3.8, 4) is 12.1 Å². The van der Waals surface area contributed by atoms with Gasteiger partial charge in [0, 0.05) is 39.3 Å². The van der Waals surface area contributed by atoms with Gasteiger partial charge in [-0.1, -0.05) is 13.0 Å². The van der Waals surface area contributed by atoms with E-state index in [1.807, 2.05) is 0 Å². The minimum atomic E-state index is 0.532. The quantitative estimate of drug-likeness (QED) is 0.886. The third kappa shape index (κ3) is 3.95. The number of nitriles is 2. The van der Waals surface area contributed by atoms with Crippen molar-refractivity contribution < 1.29 is 0 Å². The molecule has 0 amide bonds. The highest BCUT2D eigenvalue weighted by Crippen LogP contribution is 2.19. The zero-order valence-electron chi connectivity index (χ0n) is 12.5. The summed E-state index contributed by atoms with van der Waals surface area (Å²) in [7, 11) is 0. The number of likely N-dealkylation sites (N-methyl/N-ethyl adjacent to an activating group) is 1. The number of nitrogens with one attached hydrogen (secondary N) is 1. The van der Waals surface area contributed by atoms with Crippen molar-refractivity contribution in [1.29, 1.82) is 10.5 Å². The van der Waals surface area contributed by atoms with E-state index < -0.39 is 0 Å². The fourth-order valence-corrected chi connectivity index (χ4v) is 2.60. The summed E-state index contributed by atoms with van der Waals surface area (Å²) < 4.78 is 0. The van der Waals surface area contributed by atoms with Gasteiger partial charge in [-0.25, -0.2) is 0 Å². The molecule has 0 saturated carbocycles. The maximum absolute atomic E-state index is 9.13. The summed E-state index contributed by atoms with van der Waals surface area (Å²) >= 11 is 0. The summed E-state index contributed by atoms with van der Waals surface area (Å²) in [6.45, 7) is 9.40. The second kappa shape index (κ2) is 7.64. The van der Waals surface area contributed by atoms with Crippen LogP contribution in [0.3, 0.4) is 0 Å². The molecular formula is C16H21N5. The topological polar surface area (TPSA) is 66.1 Å². The maximum atomic E-state index is 9.13. The van der Waals surface area contributed by atoms with Crippen LogP contribution in [0.15, 0.2) is 18.2 Å². The molecular weight excluding hydrogens is 262 g/mol. The zero-order chi connectivity index (χ0) is 15.1. The maximum Gasteiger partial charge on any atom is 0.101 e. The number of hydrogen-bond acceptors (Lipinski definition) is 5. The fraction of sp³-hybridized carbons (Fsp3) is 0.500. The van der Waals surface area contributed by atoms with Crippen molar-refractivity contribution in [1.82, 2.24) is 9.80 Å². The number of anilines is 1. The SMILES string of the molecule is CCN1CCN(CCNc2c(C#N)cccc2C#N)CC1. The molecule has 1 saturated heterocycles. The summed E-state index contributed by atoms with van der Waals surface area (Å²) in [6.07, 6.45) is 0. The van der Waals surface area contributed by atoms with E-state index >= 15 is 0 Å². The van der Waals surface area contributed by atoms with Crippen LogP contribution in [0.2, 0.25) is 0 Å². The largest absolute Gasteiger partial charge is 0.382 e. The van der Waals surface area contributed by atoms with Crippen LogP contribution in [0.25, 0.3) is 0 Å². The molecule has 1 aliphatic heterocycles. The van der Waals surface area contributed by atoms with E-state index in [1.165, 1.54) is 0 Å². The number of hydrogen-bond donors (Lipinski definition) is 1. The lowest BCUT2D eigenvalue weighted by Gasteiger charge is -2.34. The molecule has 5 nitrogen and oxygen atoms in total. The Labute approximate surface area is 126 Å². The highest BCUT2D eigenvalue weighted by molar-refractivity contribution is 5.66. The van der Waals surface area contributed by atoms with E-state index in [0.29, 0.717) is 16.8 Å². The van der Waals surface area contributed by atoms with Crippen LogP contribution in [-0.2, 0) is 0 Å². The number of nitrogens with zero attached hydrogens (tertiary/aromatic N) is 4. The van der Waals surface area contributed by atoms with E-state index in [0.717, 1.165) is 45.8 Å². The number of rotatable bonds is 5. The Morgan fingerprint density at radius 1 is 1.05 bits per heavy atom. The average Bonchev–Trinajstić information content (AvgIpc) is 2.55. The third-order valence-electron chi connectivity index (χ3n) is 3.95. The highest BCUT2D eigenvalue weighted by atomic mass is 15.3. The number of para-hydroxylation sites is 1. The standard InChI is InChI=1S/C16H21N5/c1-2-20-8-10-21(11-9-20)7-6-19-16-14(12-17)4-3-5-15(16)13-18/h3-5,19H,2,6-11H2,1H3. The van der Waals surface area contributed by atoms with Crippen molar-refractivity contribution in [2.75, 3.05) is 51.1 Å². The van der Waals surface area contributed by atoms with Crippen LogP contribution < -0.4 is 5.32 Å². The predicted molar refractivity (Wildman–Crippen MR) is 82.9 cm³/mol. The third-order valence-corrected chi connectivity index (χ3v) is 3.95. The molecule has 0 aromatic heterocycles. The summed E-state index contributed by atoms with van der Waals surface area (Å²) in [5.74, 6) is 0. The summed E-state index contributed by atoms with van der Waals surface area (Å²) in [4.78, 5) is 4.86. The molecule has 0 bridgehead atoms. The van der Waals surface area contributed by atoms with Crippen LogP contribution >= 0.6 is 0 Å². The Kier molecular flexibility index (Phi) is 5.57. The first-order valence-corrected chi connectivity index (χ1v) is 7.40. The van der Waals surface area contributed by atoms with Crippen LogP contribution in [-0.4, -0.2) is 55.6 Å². The molecule has 1 aliphatic rings. The molecule has 0 radical (unpaired) electrons. The Balaban J connectivity index is 1.87. The highest BCUT2D eigenvalue weighted by Gasteiger charge is 2.15. The smallest absolute Gasteiger partial charge is 0.101 e. The average molecular weight is 283 g/mol. The Morgan fingerprint density at radius 3 is 2.14 bits per heavy atom. The van der Waals surface area contributed by atoms with E-state index in [1.54, 1.807) is 18.2 Å². The molecule has 0 atom stereocenters. The molecule has 1 heterocycles. The van der Waals surface area contributed by atoms with E-state index in [2.05, 4.69) is 34.2 Å². The van der Waals surface area contributed by atoms with Gasteiger partial charge in [-0.2, -0.15) is 10.5 Å². The van der Waals surface area contributed by atoms with Crippen molar-refractivity contribution >= 4 is 5.69 Å². The lowest BCUT2D eigenvalue weighted by atomic mass is 10.1. The summed E-state index contributed by atoms with van der Waals surface area (Å²) in [5.41, 5.74) is 1.73. The zero-order valence-corrected chi connectivity index (χ0v) is 12.5. The van der Waals surface area contributed by atoms with E-state index in [9.17, 15) is 0 Å². The van der Waals surface area contributed by atoms with Gasteiger partial charge in [0.2, 0.25) is 0 Å². The predicted octanol–water partition coefficient (Wildman–Crippen LogP) is 1.48. The molecule has 0 aliphatic carbocycles. The van der Waals surface area contributed by atoms with Gasteiger partial charge >= 0.3 is 0 Å². The summed E-state index contributed by atoms with van der Waals surface area (Å²) in [6, 6.07) is 9.50. The molecule has 110 valence electrons. The Bertz CT molecular complexity index is 515.